The first-order valence-electron chi connectivity index (χ1n) is 22.7. The van der Waals surface area contributed by atoms with Crippen molar-refractivity contribution in [3.63, 3.8) is 0 Å². The number of imide groups is 2. The summed E-state index contributed by atoms with van der Waals surface area (Å²) < 4.78 is 36.9. The third kappa shape index (κ3) is 12.5. The number of fused-ring (bicyclic) bond motifs is 1. The number of aromatic nitrogens is 2. The van der Waals surface area contributed by atoms with Crippen molar-refractivity contribution in [3.05, 3.63) is 104 Å². The number of hydrogen-bond donors (Lipinski definition) is 3. The number of benzene rings is 3. The number of carbonyl (C=O) groups excluding carboxylic acids is 7. The number of thioether (sulfide) groups is 1. The van der Waals surface area contributed by atoms with E-state index in [-0.39, 0.29) is 100 Å². The van der Waals surface area contributed by atoms with Gasteiger partial charge in [0, 0.05) is 70.1 Å². The van der Waals surface area contributed by atoms with Gasteiger partial charge in [-0.2, -0.15) is 0 Å². The number of hydrogen-bond acceptors (Lipinski definition) is 15. The summed E-state index contributed by atoms with van der Waals surface area (Å²) in [6, 6.07) is 13.5. The Morgan fingerprint density at radius 1 is 0.901 bits per heavy atom. The molecular weight excluding hydrogens is 987 g/mol. The fourth-order valence-electron chi connectivity index (χ4n) is 8.45. The molecule has 0 spiro atoms. The number of anilines is 2. The fraction of sp³-hybridized carbons (Fsp3) is 0.396. The van der Waals surface area contributed by atoms with Gasteiger partial charge in [-0.1, -0.05) is 29.3 Å². The summed E-state index contributed by atoms with van der Waals surface area (Å²) in [5.74, 6) is -3.46. The van der Waals surface area contributed by atoms with Crippen LogP contribution in [-0.2, 0) is 28.6 Å². The largest absolute Gasteiger partial charge is 0.482 e. The molecule has 376 valence electrons. The Hall–Kier alpha value is -6.23. The van der Waals surface area contributed by atoms with E-state index in [1.54, 1.807) is 59.2 Å². The molecule has 4 heterocycles. The topological polar surface area (TPSA) is 242 Å². The number of rotatable bonds is 20. The first-order chi connectivity index (χ1) is 34.0. The Morgan fingerprint density at radius 3 is 2.27 bits per heavy atom. The van der Waals surface area contributed by atoms with Crippen LogP contribution in [0.5, 0.6) is 5.75 Å². The number of amides is 7. The summed E-state index contributed by atoms with van der Waals surface area (Å²) in [5.41, 5.74) is 7.26. The highest BCUT2D eigenvalue weighted by atomic mass is 35.5. The molecule has 2 saturated heterocycles. The van der Waals surface area contributed by atoms with Gasteiger partial charge in [0.2, 0.25) is 17.7 Å². The second-order valence-electron chi connectivity index (χ2n) is 16.8. The van der Waals surface area contributed by atoms with Gasteiger partial charge in [-0.25, -0.2) is 4.39 Å². The molecule has 7 rings (SSSR count). The van der Waals surface area contributed by atoms with Gasteiger partial charge in [0.1, 0.15) is 18.0 Å². The number of halogens is 3. The lowest BCUT2D eigenvalue weighted by Crippen LogP contribution is -2.59. The first kappa shape index (κ1) is 52.6. The number of nitrogens with two attached hydrogens (primary N) is 1. The van der Waals surface area contributed by atoms with E-state index < -0.39 is 47.5 Å². The van der Waals surface area contributed by atoms with Crippen LogP contribution in [0, 0.1) is 5.82 Å². The lowest BCUT2D eigenvalue weighted by Gasteiger charge is -2.44. The molecule has 23 heteroatoms. The fourth-order valence-corrected chi connectivity index (χ4v) is 10.1. The monoisotopic (exact) mass is 1040 g/mol. The predicted molar refractivity (Wildman–Crippen MR) is 259 cm³/mol. The normalized spacial score (nSPS) is 18.3. The van der Waals surface area contributed by atoms with Crippen LogP contribution in [-0.4, -0.2) is 143 Å². The molecular formula is C48H51Cl2FN8O11S. The number of piperazine rings is 1. The Morgan fingerprint density at radius 2 is 1.58 bits per heavy atom. The van der Waals surface area contributed by atoms with Crippen LogP contribution >= 0.6 is 35.0 Å². The number of nitrogen functional groups attached to an aromatic ring is 1. The smallest absolute Gasteiger partial charge is 0.276 e. The zero-order chi connectivity index (χ0) is 50.9. The highest BCUT2D eigenvalue weighted by Gasteiger charge is 2.45. The van der Waals surface area contributed by atoms with E-state index in [0.717, 1.165) is 11.0 Å². The van der Waals surface area contributed by atoms with Gasteiger partial charge in [0.15, 0.2) is 17.3 Å². The molecule has 3 aliphatic rings. The zero-order valence-corrected chi connectivity index (χ0v) is 41.2. The molecule has 0 aliphatic carbocycles. The lowest BCUT2D eigenvalue weighted by atomic mass is 10.0. The summed E-state index contributed by atoms with van der Waals surface area (Å²) in [6.07, 6.45) is -0.574. The van der Waals surface area contributed by atoms with Gasteiger partial charge in [-0.05, 0) is 75.7 Å². The van der Waals surface area contributed by atoms with Crippen molar-refractivity contribution < 1.29 is 56.9 Å². The SMILES string of the molecule is C[C@@H]1CN(C(=O)c2ccc(NC(=O)c3cc(O[C@H](C)c4c(Cl)ccc(F)c4Cl)c(N)nn3)cc2)C[C@H](C)N1C(=O)CCOCCOCCOCCSc1cccc2c1C(=O)N(C1CCC(=O)NC1=O)C2=O. The molecule has 4 aromatic rings. The summed E-state index contributed by atoms with van der Waals surface area (Å²) >= 11 is 13.7. The summed E-state index contributed by atoms with van der Waals surface area (Å²) in [7, 11) is 0. The average molecular weight is 1040 g/mol. The second kappa shape index (κ2) is 23.8. The minimum Gasteiger partial charge on any atom is -0.482 e. The van der Waals surface area contributed by atoms with Gasteiger partial charge in [0.25, 0.3) is 23.6 Å². The van der Waals surface area contributed by atoms with Gasteiger partial charge < -0.3 is 39.8 Å². The van der Waals surface area contributed by atoms with Gasteiger partial charge >= 0.3 is 0 Å². The molecule has 1 unspecified atom stereocenters. The van der Waals surface area contributed by atoms with Crippen molar-refractivity contribution in [3.8, 4) is 5.75 Å². The molecule has 2 fully saturated rings. The van der Waals surface area contributed by atoms with Crippen LogP contribution in [0.1, 0.15) is 93.3 Å². The van der Waals surface area contributed by atoms with Gasteiger partial charge in [-0.15, -0.1) is 22.0 Å². The Balaban J connectivity index is 0.764. The van der Waals surface area contributed by atoms with Crippen LogP contribution in [0.25, 0.3) is 0 Å². The summed E-state index contributed by atoms with van der Waals surface area (Å²) in [6.45, 7) is 7.74. The zero-order valence-electron chi connectivity index (χ0n) is 38.9. The van der Waals surface area contributed by atoms with Crippen molar-refractivity contribution >= 4 is 87.8 Å². The minimum atomic E-state index is -1.03. The molecule has 1 aromatic heterocycles. The Kier molecular flexibility index (Phi) is 17.6. The van der Waals surface area contributed by atoms with E-state index in [0.29, 0.717) is 61.4 Å². The highest BCUT2D eigenvalue weighted by Crippen LogP contribution is 2.37. The quantitative estimate of drug-likeness (QED) is 0.0423. The molecule has 3 aliphatic heterocycles. The van der Waals surface area contributed by atoms with E-state index in [1.165, 1.54) is 23.9 Å². The molecule has 4 atom stereocenters. The van der Waals surface area contributed by atoms with E-state index >= 15 is 0 Å². The first-order valence-corrected chi connectivity index (χ1v) is 24.4. The van der Waals surface area contributed by atoms with Crippen LogP contribution < -0.4 is 21.1 Å². The number of carbonyl (C=O) groups is 7. The summed E-state index contributed by atoms with van der Waals surface area (Å²) in [5, 5.41) is 12.6. The number of piperidine rings is 1. The van der Waals surface area contributed by atoms with Crippen molar-refractivity contribution in [2.45, 2.75) is 69.2 Å². The van der Waals surface area contributed by atoms with Crippen molar-refractivity contribution in [2.75, 3.05) is 69.5 Å². The van der Waals surface area contributed by atoms with E-state index in [9.17, 15) is 38.0 Å². The Bertz CT molecular complexity index is 2690. The van der Waals surface area contributed by atoms with Gasteiger partial charge in [0.05, 0.1) is 62.2 Å². The predicted octanol–water partition coefficient (Wildman–Crippen LogP) is 5.59. The number of ether oxygens (including phenoxy) is 4. The van der Waals surface area contributed by atoms with E-state index in [4.69, 9.17) is 47.9 Å². The third-order valence-electron chi connectivity index (χ3n) is 11.8. The molecule has 71 heavy (non-hydrogen) atoms. The number of nitrogens with one attached hydrogen (secondary N) is 2. The summed E-state index contributed by atoms with van der Waals surface area (Å²) in [4.78, 5) is 95.3. The van der Waals surface area contributed by atoms with E-state index in [2.05, 4.69) is 20.8 Å². The van der Waals surface area contributed by atoms with Crippen molar-refractivity contribution in [2.24, 2.45) is 0 Å². The molecule has 19 nitrogen and oxygen atoms in total. The van der Waals surface area contributed by atoms with Crippen molar-refractivity contribution in [1.29, 1.82) is 0 Å². The van der Waals surface area contributed by atoms with Crippen molar-refractivity contribution in [1.82, 2.24) is 30.2 Å². The average Bonchev–Trinajstić information content (AvgIpc) is 3.59. The third-order valence-corrected chi connectivity index (χ3v) is 13.5. The molecule has 0 bridgehead atoms. The molecule has 3 aromatic carbocycles. The van der Waals surface area contributed by atoms with Gasteiger partial charge in [-0.3, -0.25) is 43.8 Å². The molecule has 0 radical (unpaired) electrons. The van der Waals surface area contributed by atoms with Crippen LogP contribution in [0.4, 0.5) is 15.9 Å². The Labute approximate surface area is 422 Å². The lowest BCUT2D eigenvalue weighted by molar-refractivity contribution is -0.140. The van der Waals surface area contributed by atoms with Crippen LogP contribution in [0.3, 0.4) is 0 Å². The standard InChI is InChI=1S/C48H51Cl2FN8O11S/c1-26-24-57(46(64)29-7-9-30(10-8-29)53-44(62)34-23-36(43(52)56-55-34)70-28(3)40-32(49)11-12-33(51)42(40)50)25-27(2)58(26)39(61)15-16-67-17-18-68-19-20-69-21-22-71-37-6-4-5-31-41(37)48(66)59(47(31)65)35-13-14-38(60)54-45(35)63/h4-12,23,26-28,35H,13-22,24-25H2,1-3H3,(H2,52,56)(H,53,62)(H,54,60,63)/t26-,27+,28-,35?/m1/s1. The molecule has 4 N–H and O–H groups in total. The second-order valence-corrected chi connectivity index (χ2v) is 18.7. The molecule has 0 saturated carbocycles. The maximum absolute atomic E-state index is 14.1. The maximum atomic E-state index is 14.1. The maximum Gasteiger partial charge on any atom is 0.276 e. The molecule has 7 amide bonds. The van der Waals surface area contributed by atoms with Crippen LogP contribution in [0.2, 0.25) is 10.0 Å². The highest BCUT2D eigenvalue weighted by molar-refractivity contribution is 7.99. The van der Waals surface area contributed by atoms with E-state index in [1.807, 2.05) is 13.8 Å². The minimum absolute atomic E-state index is 0.00116. The number of nitrogens with zero attached hydrogens (tertiary/aromatic N) is 5. The van der Waals surface area contributed by atoms with Crippen LogP contribution in [0.15, 0.2) is 65.6 Å².